The Kier molecular flexibility index (Phi) is 4.73. The molecule has 18 heavy (non-hydrogen) atoms. The maximum atomic E-state index is 5.80. The highest BCUT2D eigenvalue weighted by molar-refractivity contribution is 5.88. The van der Waals surface area contributed by atoms with Gasteiger partial charge in [-0.1, -0.05) is 30.3 Å². The minimum atomic E-state index is -0.103. The minimum Gasteiger partial charge on any atom is -0.378 e. The standard InChI is InChI=1S/C14H20N2O2/c1-3-18-13(11-7-5-4-6-8-11)14-15-9-12(17-2)10-16-14/h4-8,12-13H,3,9-10H2,1-2H3,(H,15,16)/t13-/m0/s1. The van der Waals surface area contributed by atoms with E-state index in [1.807, 2.05) is 25.1 Å². The van der Waals surface area contributed by atoms with Crippen LogP contribution in [0.25, 0.3) is 0 Å². The van der Waals surface area contributed by atoms with Gasteiger partial charge in [-0.3, -0.25) is 4.99 Å². The van der Waals surface area contributed by atoms with Gasteiger partial charge >= 0.3 is 0 Å². The molecular formula is C14H20N2O2. The number of aliphatic imine (C=N–C) groups is 1. The third kappa shape index (κ3) is 3.09. The van der Waals surface area contributed by atoms with E-state index < -0.39 is 0 Å². The van der Waals surface area contributed by atoms with E-state index in [9.17, 15) is 0 Å². The van der Waals surface area contributed by atoms with Crippen LogP contribution in [-0.2, 0) is 9.47 Å². The zero-order valence-electron chi connectivity index (χ0n) is 10.9. The molecular weight excluding hydrogens is 228 g/mol. The van der Waals surface area contributed by atoms with E-state index in [2.05, 4.69) is 22.4 Å². The fourth-order valence-corrected chi connectivity index (χ4v) is 2.00. The van der Waals surface area contributed by atoms with Crippen LogP contribution < -0.4 is 5.32 Å². The molecule has 4 heteroatoms. The molecule has 4 nitrogen and oxygen atoms in total. The van der Waals surface area contributed by atoms with E-state index in [4.69, 9.17) is 9.47 Å². The van der Waals surface area contributed by atoms with Crippen molar-refractivity contribution >= 4 is 5.84 Å². The van der Waals surface area contributed by atoms with Crippen LogP contribution in [0.1, 0.15) is 18.6 Å². The summed E-state index contributed by atoms with van der Waals surface area (Å²) in [5, 5.41) is 3.30. The van der Waals surface area contributed by atoms with Crippen LogP contribution in [0, 0.1) is 0 Å². The van der Waals surface area contributed by atoms with E-state index in [-0.39, 0.29) is 12.2 Å². The summed E-state index contributed by atoms with van der Waals surface area (Å²) in [5.74, 6) is 0.899. The lowest BCUT2D eigenvalue weighted by Crippen LogP contribution is -2.43. The van der Waals surface area contributed by atoms with Crippen molar-refractivity contribution in [3.05, 3.63) is 35.9 Å². The summed E-state index contributed by atoms with van der Waals surface area (Å²) in [7, 11) is 1.71. The highest BCUT2D eigenvalue weighted by Gasteiger charge is 2.23. The molecule has 1 aromatic carbocycles. The Morgan fingerprint density at radius 1 is 1.39 bits per heavy atom. The second kappa shape index (κ2) is 6.52. The van der Waals surface area contributed by atoms with Gasteiger partial charge in [0.1, 0.15) is 11.9 Å². The second-order valence-corrected chi connectivity index (χ2v) is 4.21. The predicted octanol–water partition coefficient (Wildman–Crippen LogP) is 1.78. The Morgan fingerprint density at radius 2 is 2.17 bits per heavy atom. The third-order valence-corrected chi connectivity index (χ3v) is 2.99. The van der Waals surface area contributed by atoms with Crippen molar-refractivity contribution in [1.29, 1.82) is 0 Å². The van der Waals surface area contributed by atoms with E-state index in [1.165, 1.54) is 0 Å². The SMILES string of the molecule is CCO[C@H](C1=NC[C@H](OC)CN1)c1ccccc1. The Bertz CT molecular complexity index is 392. The number of methoxy groups -OCH3 is 1. The topological polar surface area (TPSA) is 42.9 Å². The number of amidine groups is 1. The van der Waals surface area contributed by atoms with E-state index in [0.29, 0.717) is 13.2 Å². The minimum absolute atomic E-state index is 0.103. The number of ether oxygens (including phenoxy) is 2. The number of nitrogens with zero attached hydrogens (tertiary/aromatic N) is 1. The first-order chi connectivity index (χ1) is 8.85. The van der Waals surface area contributed by atoms with Crippen LogP contribution in [0.2, 0.25) is 0 Å². The fourth-order valence-electron chi connectivity index (χ4n) is 2.00. The van der Waals surface area contributed by atoms with Gasteiger partial charge in [0.15, 0.2) is 0 Å². The number of rotatable bonds is 5. The summed E-state index contributed by atoms with van der Waals surface area (Å²) < 4.78 is 11.1. The molecule has 0 fully saturated rings. The van der Waals surface area contributed by atoms with Crippen LogP contribution in [0.4, 0.5) is 0 Å². The van der Waals surface area contributed by atoms with Gasteiger partial charge in [0.2, 0.25) is 0 Å². The second-order valence-electron chi connectivity index (χ2n) is 4.21. The maximum absolute atomic E-state index is 5.80. The molecule has 2 atom stereocenters. The van der Waals surface area contributed by atoms with Gasteiger partial charge < -0.3 is 14.8 Å². The molecule has 0 saturated heterocycles. The zero-order valence-corrected chi connectivity index (χ0v) is 10.9. The van der Waals surface area contributed by atoms with Crippen molar-refractivity contribution < 1.29 is 9.47 Å². The molecule has 0 unspecified atom stereocenters. The molecule has 1 aromatic rings. The summed E-state index contributed by atoms with van der Waals surface area (Å²) in [6.07, 6.45) is 0.0563. The van der Waals surface area contributed by atoms with Gasteiger partial charge in [0.25, 0.3) is 0 Å². The highest BCUT2D eigenvalue weighted by Crippen LogP contribution is 2.19. The van der Waals surface area contributed by atoms with Gasteiger partial charge in [-0.15, -0.1) is 0 Å². The Balaban J connectivity index is 2.14. The summed E-state index contributed by atoms with van der Waals surface area (Å²) in [5.41, 5.74) is 1.13. The molecule has 0 saturated carbocycles. The lowest BCUT2D eigenvalue weighted by atomic mass is 10.1. The van der Waals surface area contributed by atoms with Crippen molar-refractivity contribution in [2.45, 2.75) is 19.1 Å². The van der Waals surface area contributed by atoms with E-state index in [0.717, 1.165) is 17.9 Å². The van der Waals surface area contributed by atoms with Crippen molar-refractivity contribution in [1.82, 2.24) is 5.32 Å². The Hall–Kier alpha value is -1.39. The summed E-state index contributed by atoms with van der Waals surface area (Å²) in [6, 6.07) is 10.2. The summed E-state index contributed by atoms with van der Waals surface area (Å²) in [4.78, 5) is 4.53. The fraction of sp³-hybridized carbons (Fsp3) is 0.500. The molecule has 1 aliphatic heterocycles. The largest absolute Gasteiger partial charge is 0.378 e. The first-order valence-electron chi connectivity index (χ1n) is 6.32. The average molecular weight is 248 g/mol. The van der Waals surface area contributed by atoms with Crippen molar-refractivity contribution in [3.8, 4) is 0 Å². The van der Waals surface area contributed by atoms with Gasteiger partial charge in [-0.05, 0) is 12.5 Å². The third-order valence-electron chi connectivity index (χ3n) is 2.99. The molecule has 0 radical (unpaired) electrons. The molecule has 0 aliphatic carbocycles. The van der Waals surface area contributed by atoms with E-state index >= 15 is 0 Å². The lowest BCUT2D eigenvalue weighted by Gasteiger charge is -2.27. The molecule has 0 amide bonds. The van der Waals surface area contributed by atoms with Gasteiger partial charge in [-0.25, -0.2) is 0 Å². The molecule has 1 heterocycles. The molecule has 0 spiro atoms. The molecule has 0 aromatic heterocycles. The van der Waals surface area contributed by atoms with Crippen LogP contribution >= 0.6 is 0 Å². The summed E-state index contributed by atoms with van der Waals surface area (Å²) in [6.45, 7) is 4.13. The Morgan fingerprint density at radius 3 is 2.72 bits per heavy atom. The van der Waals surface area contributed by atoms with Crippen molar-refractivity contribution in [2.75, 3.05) is 26.8 Å². The maximum Gasteiger partial charge on any atom is 0.139 e. The molecule has 98 valence electrons. The lowest BCUT2D eigenvalue weighted by molar-refractivity contribution is 0.0918. The summed E-state index contributed by atoms with van der Waals surface area (Å²) >= 11 is 0. The highest BCUT2D eigenvalue weighted by atomic mass is 16.5. The monoisotopic (exact) mass is 248 g/mol. The van der Waals surface area contributed by atoms with Crippen LogP contribution in [0.5, 0.6) is 0 Å². The Labute approximate surface area is 108 Å². The first-order valence-corrected chi connectivity index (χ1v) is 6.32. The molecule has 1 N–H and O–H groups in total. The molecule has 0 bridgehead atoms. The molecule has 2 rings (SSSR count). The number of hydrogen-bond acceptors (Lipinski definition) is 4. The van der Waals surface area contributed by atoms with Crippen molar-refractivity contribution in [2.24, 2.45) is 4.99 Å². The number of benzene rings is 1. The van der Waals surface area contributed by atoms with Gasteiger partial charge in [0.05, 0.1) is 12.6 Å². The average Bonchev–Trinajstić information content (AvgIpc) is 2.46. The molecule has 1 aliphatic rings. The van der Waals surface area contributed by atoms with Gasteiger partial charge in [0, 0.05) is 20.3 Å². The van der Waals surface area contributed by atoms with Crippen LogP contribution in [0.3, 0.4) is 0 Å². The van der Waals surface area contributed by atoms with E-state index in [1.54, 1.807) is 7.11 Å². The quantitative estimate of drug-likeness (QED) is 0.863. The smallest absolute Gasteiger partial charge is 0.139 e. The van der Waals surface area contributed by atoms with Crippen molar-refractivity contribution in [3.63, 3.8) is 0 Å². The predicted molar refractivity (Wildman–Crippen MR) is 71.9 cm³/mol. The number of hydrogen-bond donors (Lipinski definition) is 1. The zero-order chi connectivity index (χ0) is 12.8. The first kappa shape index (κ1) is 13.1. The number of nitrogens with one attached hydrogen (secondary N) is 1. The van der Waals surface area contributed by atoms with Crippen LogP contribution in [0.15, 0.2) is 35.3 Å². The van der Waals surface area contributed by atoms with Gasteiger partial charge in [-0.2, -0.15) is 0 Å². The van der Waals surface area contributed by atoms with Crippen LogP contribution in [-0.4, -0.2) is 38.7 Å². The normalized spacial score (nSPS) is 21.0.